The van der Waals surface area contributed by atoms with Crippen LogP contribution in [0.15, 0.2) is 30.3 Å². The maximum Gasteiger partial charge on any atom is 0.0237 e. The fourth-order valence-corrected chi connectivity index (χ4v) is 3.52. The van der Waals surface area contributed by atoms with Gasteiger partial charge in [-0.15, -0.1) is 0 Å². The van der Waals surface area contributed by atoms with Gasteiger partial charge in [-0.2, -0.15) is 0 Å². The van der Waals surface area contributed by atoms with Crippen LogP contribution in [0.3, 0.4) is 0 Å². The Morgan fingerprint density at radius 3 is 2.45 bits per heavy atom. The van der Waals surface area contributed by atoms with Crippen LogP contribution in [0.1, 0.15) is 51.0 Å². The van der Waals surface area contributed by atoms with Gasteiger partial charge in [-0.05, 0) is 24.4 Å². The molecular formula is C18H30N2. The molecule has 0 spiro atoms. The summed E-state index contributed by atoms with van der Waals surface area (Å²) in [5.41, 5.74) is 7.48. The van der Waals surface area contributed by atoms with E-state index in [4.69, 9.17) is 5.73 Å². The molecule has 1 aromatic rings. The molecule has 1 atom stereocenters. The van der Waals surface area contributed by atoms with Crippen LogP contribution in [0.25, 0.3) is 0 Å². The van der Waals surface area contributed by atoms with E-state index in [0.717, 1.165) is 25.6 Å². The fourth-order valence-electron chi connectivity index (χ4n) is 3.52. The highest BCUT2D eigenvalue weighted by Crippen LogP contribution is 2.28. The largest absolute Gasteiger partial charge is 0.329 e. The van der Waals surface area contributed by atoms with Gasteiger partial charge < -0.3 is 5.73 Å². The highest BCUT2D eigenvalue weighted by atomic mass is 15.2. The van der Waals surface area contributed by atoms with Crippen LogP contribution in [0.2, 0.25) is 0 Å². The molecule has 112 valence electrons. The van der Waals surface area contributed by atoms with Gasteiger partial charge in [0.25, 0.3) is 0 Å². The quantitative estimate of drug-likeness (QED) is 0.819. The minimum Gasteiger partial charge on any atom is -0.329 e. The Kier molecular flexibility index (Phi) is 6.55. The molecule has 1 aromatic carbocycles. The fraction of sp³-hybridized carbons (Fsp3) is 0.667. The molecule has 2 N–H and O–H groups in total. The van der Waals surface area contributed by atoms with E-state index in [1.54, 1.807) is 0 Å². The molecule has 1 aliphatic carbocycles. The highest BCUT2D eigenvalue weighted by Gasteiger charge is 2.22. The zero-order valence-corrected chi connectivity index (χ0v) is 12.9. The lowest BCUT2D eigenvalue weighted by Crippen LogP contribution is -2.41. The first-order chi connectivity index (χ1) is 9.83. The summed E-state index contributed by atoms with van der Waals surface area (Å²) in [5.74, 6) is 0.905. The number of likely N-dealkylation sites (N-methyl/N-ethyl adjacent to an activating group) is 1. The molecule has 0 aliphatic heterocycles. The second kappa shape index (κ2) is 8.43. The molecule has 0 aromatic heterocycles. The predicted molar refractivity (Wildman–Crippen MR) is 86.6 cm³/mol. The van der Waals surface area contributed by atoms with Gasteiger partial charge in [0.05, 0.1) is 0 Å². The van der Waals surface area contributed by atoms with E-state index in [0.29, 0.717) is 6.04 Å². The first-order valence-corrected chi connectivity index (χ1v) is 8.31. The van der Waals surface area contributed by atoms with Gasteiger partial charge in [-0.1, -0.05) is 69.4 Å². The molecule has 1 saturated carbocycles. The molecule has 0 radical (unpaired) electrons. The van der Waals surface area contributed by atoms with Gasteiger partial charge in [0.1, 0.15) is 0 Å². The Morgan fingerprint density at radius 2 is 1.85 bits per heavy atom. The molecule has 0 amide bonds. The Balaban J connectivity index is 1.92. The number of benzene rings is 1. The molecule has 1 unspecified atom stereocenters. The van der Waals surface area contributed by atoms with E-state index in [2.05, 4.69) is 42.2 Å². The average Bonchev–Trinajstić information content (AvgIpc) is 2.52. The normalized spacial score (nSPS) is 18.4. The maximum absolute atomic E-state index is 6.08. The van der Waals surface area contributed by atoms with Crippen molar-refractivity contribution in [1.29, 1.82) is 0 Å². The minimum absolute atomic E-state index is 0.545. The molecule has 20 heavy (non-hydrogen) atoms. The third-order valence-corrected chi connectivity index (χ3v) is 4.75. The van der Waals surface area contributed by atoms with Crippen molar-refractivity contribution in [1.82, 2.24) is 4.90 Å². The summed E-state index contributed by atoms with van der Waals surface area (Å²) in [7, 11) is 0. The Hall–Kier alpha value is -0.860. The summed E-state index contributed by atoms with van der Waals surface area (Å²) in [6.45, 7) is 5.17. The predicted octanol–water partition coefficient (Wildman–Crippen LogP) is 3.81. The molecule has 0 heterocycles. The first kappa shape index (κ1) is 15.5. The third kappa shape index (κ3) is 4.60. The van der Waals surface area contributed by atoms with Crippen LogP contribution >= 0.6 is 0 Å². The van der Waals surface area contributed by atoms with Crippen molar-refractivity contribution in [2.24, 2.45) is 11.7 Å². The monoisotopic (exact) mass is 274 g/mol. The lowest BCUT2D eigenvalue weighted by Gasteiger charge is -2.34. The molecule has 2 rings (SSSR count). The van der Waals surface area contributed by atoms with E-state index >= 15 is 0 Å². The van der Waals surface area contributed by atoms with Crippen molar-refractivity contribution < 1.29 is 0 Å². The van der Waals surface area contributed by atoms with Crippen molar-refractivity contribution in [3.05, 3.63) is 35.9 Å². The van der Waals surface area contributed by atoms with Crippen LogP contribution in [-0.2, 0) is 6.54 Å². The van der Waals surface area contributed by atoms with Crippen LogP contribution in [0, 0.1) is 5.92 Å². The topological polar surface area (TPSA) is 29.3 Å². The van der Waals surface area contributed by atoms with Gasteiger partial charge in [0.2, 0.25) is 0 Å². The standard InChI is InChI=1S/C18H30N2/c1-2-20(15-17-11-7-4-8-12-17)18(14-19)13-16-9-5-3-6-10-16/h4,7-8,11-12,16,18H,2-3,5-6,9-10,13-15,19H2,1H3. The van der Waals surface area contributed by atoms with E-state index in [9.17, 15) is 0 Å². The molecule has 2 nitrogen and oxygen atoms in total. The Labute approximate surface area is 124 Å². The molecule has 1 fully saturated rings. The van der Waals surface area contributed by atoms with Gasteiger partial charge in [0, 0.05) is 19.1 Å². The summed E-state index contributed by atoms with van der Waals surface area (Å²) in [5, 5.41) is 0. The first-order valence-electron chi connectivity index (χ1n) is 8.31. The average molecular weight is 274 g/mol. The number of hydrogen-bond donors (Lipinski definition) is 1. The number of nitrogens with two attached hydrogens (primary N) is 1. The molecular weight excluding hydrogens is 244 g/mol. The zero-order chi connectivity index (χ0) is 14.2. The minimum atomic E-state index is 0.545. The Bertz CT molecular complexity index is 357. The van der Waals surface area contributed by atoms with E-state index < -0.39 is 0 Å². The van der Waals surface area contributed by atoms with Gasteiger partial charge in [0.15, 0.2) is 0 Å². The lowest BCUT2D eigenvalue weighted by atomic mass is 9.84. The van der Waals surface area contributed by atoms with E-state index in [-0.39, 0.29) is 0 Å². The van der Waals surface area contributed by atoms with Crippen molar-refractivity contribution in [2.45, 2.75) is 58.0 Å². The number of nitrogens with zero attached hydrogens (tertiary/aromatic N) is 1. The summed E-state index contributed by atoms with van der Waals surface area (Å²) in [6, 6.07) is 11.3. The molecule has 0 saturated heterocycles. The van der Waals surface area contributed by atoms with Crippen molar-refractivity contribution in [3.8, 4) is 0 Å². The van der Waals surface area contributed by atoms with Crippen LogP contribution in [0.4, 0.5) is 0 Å². The van der Waals surface area contributed by atoms with Crippen molar-refractivity contribution in [3.63, 3.8) is 0 Å². The second-order valence-electron chi connectivity index (χ2n) is 6.18. The number of rotatable bonds is 7. The zero-order valence-electron chi connectivity index (χ0n) is 12.9. The van der Waals surface area contributed by atoms with Crippen LogP contribution in [-0.4, -0.2) is 24.0 Å². The molecule has 0 bridgehead atoms. The third-order valence-electron chi connectivity index (χ3n) is 4.75. The molecule has 1 aliphatic rings. The van der Waals surface area contributed by atoms with Gasteiger partial charge >= 0.3 is 0 Å². The van der Waals surface area contributed by atoms with Crippen molar-refractivity contribution in [2.75, 3.05) is 13.1 Å². The van der Waals surface area contributed by atoms with Crippen LogP contribution in [0.5, 0.6) is 0 Å². The van der Waals surface area contributed by atoms with Gasteiger partial charge in [-0.25, -0.2) is 0 Å². The second-order valence-corrected chi connectivity index (χ2v) is 6.18. The smallest absolute Gasteiger partial charge is 0.0237 e. The molecule has 2 heteroatoms. The Morgan fingerprint density at radius 1 is 1.15 bits per heavy atom. The summed E-state index contributed by atoms with van der Waals surface area (Å²) >= 11 is 0. The number of hydrogen-bond acceptors (Lipinski definition) is 2. The summed E-state index contributed by atoms with van der Waals surface area (Å²) < 4.78 is 0. The maximum atomic E-state index is 6.08. The SMILES string of the molecule is CCN(Cc1ccccc1)C(CN)CC1CCCCC1. The lowest BCUT2D eigenvalue weighted by molar-refractivity contribution is 0.159. The van der Waals surface area contributed by atoms with E-state index in [1.807, 2.05) is 0 Å². The van der Waals surface area contributed by atoms with Crippen molar-refractivity contribution >= 4 is 0 Å². The summed E-state index contributed by atoms with van der Waals surface area (Å²) in [4.78, 5) is 2.56. The summed E-state index contributed by atoms with van der Waals surface area (Å²) in [6.07, 6.45) is 8.40. The van der Waals surface area contributed by atoms with Crippen LogP contribution < -0.4 is 5.73 Å². The van der Waals surface area contributed by atoms with E-state index in [1.165, 1.54) is 44.1 Å². The van der Waals surface area contributed by atoms with Gasteiger partial charge in [-0.3, -0.25) is 4.90 Å². The highest BCUT2D eigenvalue weighted by molar-refractivity contribution is 5.14.